The Hall–Kier alpha value is -2.22. The SMILES string of the molecule is Cc1cc(NC(=O)c2cccnc2)n([C@@H]2CCS(=O)(=O)C2)n1. The summed E-state index contributed by atoms with van der Waals surface area (Å²) in [5, 5.41) is 7.11. The van der Waals surface area contributed by atoms with Crippen LogP contribution in [0.15, 0.2) is 30.6 Å². The van der Waals surface area contributed by atoms with Crippen LogP contribution in [-0.2, 0) is 9.84 Å². The van der Waals surface area contributed by atoms with Crippen molar-refractivity contribution in [3.63, 3.8) is 0 Å². The number of carbonyl (C=O) groups excluding carboxylic acids is 1. The molecule has 1 N–H and O–H groups in total. The van der Waals surface area contributed by atoms with Gasteiger partial charge in [0.25, 0.3) is 5.91 Å². The van der Waals surface area contributed by atoms with E-state index in [9.17, 15) is 13.2 Å². The zero-order valence-corrected chi connectivity index (χ0v) is 12.9. The molecule has 1 aliphatic heterocycles. The van der Waals surface area contributed by atoms with Crippen LogP contribution in [0.4, 0.5) is 5.82 Å². The zero-order chi connectivity index (χ0) is 15.7. The molecular formula is C14H16N4O3S. The maximum Gasteiger partial charge on any atom is 0.258 e. The highest BCUT2D eigenvalue weighted by molar-refractivity contribution is 7.91. The Morgan fingerprint density at radius 2 is 2.27 bits per heavy atom. The Morgan fingerprint density at radius 1 is 1.45 bits per heavy atom. The van der Waals surface area contributed by atoms with Gasteiger partial charge in [-0.3, -0.25) is 9.78 Å². The van der Waals surface area contributed by atoms with Gasteiger partial charge in [-0.2, -0.15) is 5.10 Å². The molecule has 1 saturated heterocycles. The van der Waals surface area contributed by atoms with Gasteiger partial charge in [0.2, 0.25) is 0 Å². The van der Waals surface area contributed by atoms with Crippen LogP contribution in [-0.4, -0.2) is 40.6 Å². The van der Waals surface area contributed by atoms with Gasteiger partial charge in [-0.05, 0) is 25.5 Å². The minimum Gasteiger partial charge on any atom is -0.307 e. The van der Waals surface area contributed by atoms with Crippen LogP contribution < -0.4 is 5.32 Å². The summed E-state index contributed by atoms with van der Waals surface area (Å²) < 4.78 is 24.9. The first-order valence-corrected chi connectivity index (χ1v) is 8.75. The number of sulfone groups is 1. The summed E-state index contributed by atoms with van der Waals surface area (Å²) in [4.78, 5) is 16.1. The number of anilines is 1. The van der Waals surface area contributed by atoms with Crippen LogP contribution in [0.5, 0.6) is 0 Å². The van der Waals surface area contributed by atoms with Gasteiger partial charge in [-0.1, -0.05) is 0 Å². The second-order valence-corrected chi connectivity index (χ2v) is 7.60. The maximum atomic E-state index is 12.2. The molecule has 3 rings (SSSR count). The highest BCUT2D eigenvalue weighted by Crippen LogP contribution is 2.27. The van der Waals surface area contributed by atoms with E-state index in [-0.39, 0.29) is 23.5 Å². The number of pyridine rings is 1. The fourth-order valence-corrected chi connectivity index (χ4v) is 4.23. The summed E-state index contributed by atoms with van der Waals surface area (Å²) in [7, 11) is -3.02. The van der Waals surface area contributed by atoms with Crippen LogP contribution >= 0.6 is 0 Å². The first-order valence-electron chi connectivity index (χ1n) is 6.92. The summed E-state index contributed by atoms with van der Waals surface area (Å²) in [5.74, 6) is 0.430. The molecule has 0 aromatic carbocycles. The number of rotatable bonds is 3. The molecule has 0 bridgehead atoms. The first-order chi connectivity index (χ1) is 10.4. The molecule has 2 aromatic rings. The van der Waals surface area contributed by atoms with Crippen molar-refractivity contribution in [1.82, 2.24) is 14.8 Å². The number of aryl methyl sites for hydroxylation is 1. The van der Waals surface area contributed by atoms with Gasteiger partial charge in [0.15, 0.2) is 9.84 Å². The standard InChI is InChI=1S/C14H16N4O3S/c1-10-7-13(16-14(19)11-3-2-5-15-8-11)18(17-10)12-4-6-22(20,21)9-12/h2-3,5,7-8,12H,4,6,9H2,1H3,(H,16,19)/t12-/m1/s1. The van der Waals surface area contributed by atoms with Crippen molar-refractivity contribution in [2.75, 3.05) is 16.8 Å². The number of nitrogens with zero attached hydrogens (tertiary/aromatic N) is 3. The molecule has 1 amide bonds. The Labute approximate surface area is 128 Å². The lowest BCUT2D eigenvalue weighted by atomic mass is 10.2. The molecule has 0 saturated carbocycles. The van der Waals surface area contributed by atoms with E-state index in [1.165, 1.54) is 6.20 Å². The van der Waals surface area contributed by atoms with Crippen molar-refractivity contribution < 1.29 is 13.2 Å². The topological polar surface area (TPSA) is 94.0 Å². The molecule has 1 fully saturated rings. The first kappa shape index (κ1) is 14.7. The van der Waals surface area contributed by atoms with Crippen molar-refractivity contribution in [2.24, 2.45) is 0 Å². The molecule has 0 spiro atoms. The quantitative estimate of drug-likeness (QED) is 0.917. The summed E-state index contributed by atoms with van der Waals surface area (Å²) in [6.07, 6.45) is 3.58. The Bertz CT molecular complexity index is 799. The second kappa shape index (κ2) is 5.53. The molecule has 8 heteroatoms. The van der Waals surface area contributed by atoms with Crippen LogP contribution in [0.1, 0.15) is 28.5 Å². The fourth-order valence-electron chi connectivity index (χ4n) is 2.54. The van der Waals surface area contributed by atoms with E-state index in [0.717, 1.165) is 5.69 Å². The van der Waals surface area contributed by atoms with Gasteiger partial charge in [-0.15, -0.1) is 0 Å². The highest BCUT2D eigenvalue weighted by Gasteiger charge is 2.31. The number of amides is 1. The predicted octanol–water partition coefficient (Wildman–Crippen LogP) is 1.20. The molecule has 116 valence electrons. The average Bonchev–Trinajstić information content (AvgIpc) is 3.02. The third-order valence-corrected chi connectivity index (χ3v) is 5.33. The summed E-state index contributed by atoms with van der Waals surface area (Å²) in [5.41, 5.74) is 1.16. The van der Waals surface area contributed by atoms with Crippen LogP contribution in [0.25, 0.3) is 0 Å². The van der Waals surface area contributed by atoms with Gasteiger partial charge in [0.05, 0.1) is 28.8 Å². The largest absolute Gasteiger partial charge is 0.307 e. The third-order valence-electron chi connectivity index (χ3n) is 3.58. The molecule has 3 heterocycles. The van der Waals surface area contributed by atoms with Crippen molar-refractivity contribution in [1.29, 1.82) is 0 Å². The minimum absolute atomic E-state index is 0.0594. The smallest absolute Gasteiger partial charge is 0.258 e. The molecule has 2 aromatic heterocycles. The highest BCUT2D eigenvalue weighted by atomic mass is 32.2. The van der Waals surface area contributed by atoms with E-state index >= 15 is 0 Å². The van der Waals surface area contributed by atoms with Crippen molar-refractivity contribution in [3.05, 3.63) is 41.9 Å². The zero-order valence-electron chi connectivity index (χ0n) is 12.1. The van der Waals surface area contributed by atoms with Gasteiger partial charge in [0.1, 0.15) is 5.82 Å². The van der Waals surface area contributed by atoms with Crippen LogP contribution in [0, 0.1) is 6.92 Å². The number of hydrogen-bond acceptors (Lipinski definition) is 5. The normalized spacial score (nSPS) is 20.0. The monoisotopic (exact) mass is 320 g/mol. The van der Waals surface area contributed by atoms with E-state index in [0.29, 0.717) is 17.8 Å². The van der Waals surface area contributed by atoms with Gasteiger partial charge >= 0.3 is 0 Å². The van der Waals surface area contributed by atoms with E-state index < -0.39 is 9.84 Å². The summed E-state index contributed by atoms with van der Waals surface area (Å²) in [6, 6.07) is 4.85. The number of aromatic nitrogens is 3. The van der Waals surface area contributed by atoms with E-state index in [4.69, 9.17) is 0 Å². The lowest BCUT2D eigenvalue weighted by Gasteiger charge is -2.13. The Morgan fingerprint density at radius 3 is 2.91 bits per heavy atom. The maximum absolute atomic E-state index is 12.2. The van der Waals surface area contributed by atoms with Crippen molar-refractivity contribution in [2.45, 2.75) is 19.4 Å². The Balaban J connectivity index is 1.84. The van der Waals surface area contributed by atoms with E-state index in [1.807, 2.05) is 0 Å². The van der Waals surface area contributed by atoms with E-state index in [1.54, 1.807) is 36.0 Å². The molecule has 1 aliphatic rings. The predicted molar refractivity (Wildman–Crippen MR) is 81.5 cm³/mol. The molecule has 0 unspecified atom stereocenters. The number of carbonyl (C=O) groups is 1. The Kier molecular flexibility index (Phi) is 3.69. The molecule has 1 atom stereocenters. The van der Waals surface area contributed by atoms with Crippen molar-refractivity contribution in [3.8, 4) is 0 Å². The molecular weight excluding hydrogens is 304 g/mol. The van der Waals surface area contributed by atoms with Gasteiger partial charge in [0, 0.05) is 18.5 Å². The minimum atomic E-state index is -3.02. The summed E-state index contributed by atoms with van der Waals surface area (Å²) >= 11 is 0. The molecule has 22 heavy (non-hydrogen) atoms. The van der Waals surface area contributed by atoms with Crippen LogP contribution in [0.2, 0.25) is 0 Å². The van der Waals surface area contributed by atoms with E-state index in [2.05, 4.69) is 15.4 Å². The van der Waals surface area contributed by atoms with Gasteiger partial charge < -0.3 is 5.32 Å². The third kappa shape index (κ3) is 3.01. The number of nitrogens with one attached hydrogen (secondary N) is 1. The average molecular weight is 320 g/mol. The van der Waals surface area contributed by atoms with Gasteiger partial charge in [-0.25, -0.2) is 13.1 Å². The number of hydrogen-bond donors (Lipinski definition) is 1. The molecule has 0 radical (unpaired) electrons. The molecule has 7 nitrogen and oxygen atoms in total. The second-order valence-electron chi connectivity index (χ2n) is 5.37. The lowest BCUT2D eigenvalue weighted by Crippen LogP contribution is -2.19. The van der Waals surface area contributed by atoms with Crippen molar-refractivity contribution >= 4 is 21.6 Å². The molecule has 0 aliphatic carbocycles. The summed E-state index contributed by atoms with van der Waals surface area (Å²) in [6.45, 7) is 1.81. The fraction of sp³-hybridized carbons (Fsp3) is 0.357. The lowest BCUT2D eigenvalue weighted by molar-refractivity contribution is 0.102. The van der Waals surface area contributed by atoms with Crippen LogP contribution in [0.3, 0.4) is 0 Å².